The zero-order valence-electron chi connectivity index (χ0n) is 12.5. The first-order valence-electron chi connectivity index (χ1n) is 7.52. The number of benzene rings is 3. The van der Waals surface area contributed by atoms with Crippen LogP contribution in [0.25, 0.3) is 33.0 Å². The van der Waals surface area contributed by atoms with E-state index in [0.717, 1.165) is 33.0 Å². The lowest BCUT2D eigenvalue weighted by Gasteiger charge is -2.10. The number of carbonyl (C=O) groups is 2. The van der Waals surface area contributed by atoms with Gasteiger partial charge in [-0.2, -0.15) is 0 Å². The van der Waals surface area contributed by atoms with E-state index >= 15 is 0 Å². The lowest BCUT2D eigenvalue weighted by Crippen LogP contribution is -2.20. The molecule has 3 aromatic rings. The number of carbonyl (C=O) groups excluding carboxylic acids is 1. The molecule has 0 saturated heterocycles. The van der Waals surface area contributed by atoms with E-state index in [-0.39, 0.29) is 5.78 Å². The summed E-state index contributed by atoms with van der Waals surface area (Å²) in [6, 6.07) is 17.7. The smallest absolute Gasteiger partial charge is 0.314 e. The second kappa shape index (κ2) is 4.78. The summed E-state index contributed by atoms with van der Waals surface area (Å²) in [6.45, 7) is 1.43. The number of rotatable bonds is 3. The molecule has 1 N–H and O–H groups in total. The summed E-state index contributed by atoms with van der Waals surface area (Å²) in [5.41, 5.74) is 5.00. The summed E-state index contributed by atoms with van der Waals surface area (Å²) in [6.07, 6.45) is 0. The highest BCUT2D eigenvalue weighted by molar-refractivity contribution is 6.22. The van der Waals surface area contributed by atoms with Crippen molar-refractivity contribution >= 4 is 22.5 Å². The Morgan fingerprint density at radius 1 is 0.826 bits per heavy atom. The van der Waals surface area contributed by atoms with Gasteiger partial charge in [0.1, 0.15) is 5.92 Å². The van der Waals surface area contributed by atoms with Crippen LogP contribution in [0.2, 0.25) is 0 Å². The third-order valence-electron chi connectivity index (χ3n) is 4.58. The first-order chi connectivity index (χ1) is 11.1. The highest BCUT2D eigenvalue weighted by Gasteiger charge is 2.27. The summed E-state index contributed by atoms with van der Waals surface area (Å²) in [5, 5.41) is 11.0. The van der Waals surface area contributed by atoms with Crippen LogP contribution in [-0.2, 0) is 4.79 Å². The van der Waals surface area contributed by atoms with Crippen LogP contribution in [0.4, 0.5) is 0 Å². The standard InChI is InChI=1S/C20H14O3/c1-11(20(22)23)19(21)17-10-9-16-13-6-3-2-5-12(13)14-7-4-8-15(17)18(14)16/h2-11H,1H3,(H,22,23). The number of carboxylic acid groups (broad SMARTS) is 1. The first-order valence-corrected chi connectivity index (χ1v) is 7.52. The number of hydrogen-bond acceptors (Lipinski definition) is 2. The van der Waals surface area contributed by atoms with Gasteiger partial charge in [0.05, 0.1) is 0 Å². The van der Waals surface area contributed by atoms with Gasteiger partial charge in [0.15, 0.2) is 5.78 Å². The fourth-order valence-electron chi connectivity index (χ4n) is 3.37. The summed E-state index contributed by atoms with van der Waals surface area (Å²) in [5.74, 6) is -2.49. The van der Waals surface area contributed by atoms with E-state index in [1.807, 2.05) is 36.4 Å². The molecule has 0 aliphatic heterocycles. The Balaban J connectivity index is 2.02. The molecule has 1 atom stereocenters. The van der Waals surface area contributed by atoms with Crippen molar-refractivity contribution in [3.8, 4) is 22.3 Å². The van der Waals surface area contributed by atoms with Crippen LogP contribution in [0.5, 0.6) is 0 Å². The van der Waals surface area contributed by atoms with E-state index < -0.39 is 11.9 Å². The van der Waals surface area contributed by atoms with E-state index in [4.69, 9.17) is 5.11 Å². The molecule has 3 aromatic carbocycles. The van der Waals surface area contributed by atoms with Crippen molar-refractivity contribution in [3.05, 3.63) is 60.2 Å². The fourth-order valence-corrected chi connectivity index (χ4v) is 3.37. The zero-order chi connectivity index (χ0) is 16.1. The number of fused-ring (bicyclic) bond motifs is 3. The van der Waals surface area contributed by atoms with Gasteiger partial charge in [-0.15, -0.1) is 0 Å². The molecule has 0 saturated carbocycles. The molecule has 0 fully saturated rings. The largest absolute Gasteiger partial charge is 0.481 e. The maximum atomic E-state index is 12.5. The topological polar surface area (TPSA) is 54.4 Å². The fraction of sp³-hybridized carbons (Fsp3) is 0.100. The Hall–Kier alpha value is -2.94. The number of Topliss-reactive ketones (excluding diaryl/α,β-unsaturated/α-hetero) is 1. The molecule has 0 bridgehead atoms. The van der Waals surface area contributed by atoms with Gasteiger partial charge in [-0.05, 0) is 39.9 Å². The second-order valence-corrected chi connectivity index (χ2v) is 5.86. The minimum atomic E-state index is -1.10. The van der Waals surface area contributed by atoms with Crippen molar-refractivity contribution in [2.24, 2.45) is 5.92 Å². The van der Waals surface area contributed by atoms with Crippen LogP contribution < -0.4 is 0 Å². The van der Waals surface area contributed by atoms with E-state index in [1.165, 1.54) is 6.92 Å². The molecule has 112 valence electrons. The van der Waals surface area contributed by atoms with E-state index in [9.17, 15) is 9.59 Å². The van der Waals surface area contributed by atoms with Crippen molar-refractivity contribution in [2.75, 3.05) is 0 Å². The highest BCUT2D eigenvalue weighted by atomic mass is 16.4. The predicted molar refractivity (Wildman–Crippen MR) is 89.5 cm³/mol. The minimum Gasteiger partial charge on any atom is -0.481 e. The molecule has 1 aliphatic rings. The van der Waals surface area contributed by atoms with Gasteiger partial charge < -0.3 is 5.11 Å². The number of hydrogen-bond donors (Lipinski definition) is 1. The van der Waals surface area contributed by atoms with Crippen molar-refractivity contribution in [1.29, 1.82) is 0 Å². The Morgan fingerprint density at radius 3 is 2.09 bits per heavy atom. The SMILES string of the molecule is CC(C(=O)O)C(=O)c1ccc2c3c(cccc13)-c1ccccc1-2. The summed E-state index contributed by atoms with van der Waals surface area (Å²) >= 11 is 0. The monoisotopic (exact) mass is 302 g/mol. The van der Waals surface area contributed by atoms with Crippen molar-refractivity contribution in [3.63, 3.8) is 0 Å². The molecule has 3 nitrogen and oxygen atoms in total. The van der Waals surface area contributed by atoms with Gasteiger partial charge in [0.2, 0.25) is 0 Å². The van der Waals surface area contributed by atoms with Gasteiger partial charge in [-0.3, -0.25) is 9.59 Å². The maximum absolute atomic E-state index is 12.5. The quantitative estimate of drug-likeness (QED) is 0.451. The molecule has 1 unspecified atom stereocenters. The van der Waals surface area contributed by atoms with Crippen LogP contribution in [0.3, 0.4) is 0 Å². The number of carboxylic acids is 1. The average Bonchev–Trinajstić information content (AvgIpc) is 2.90. The Morgan fingerprint density at radius 2 is 1.43 bits per heavy atom. The lowest BCUT2D eigenvalue weighted by molar-refractivity contribution is -0.139. The second-order valence-electron chi connectivity index (χ2n) is 5.86. The van der Waals surface area contributed by atoms with Crippen molar-refractivity contribution < 1.29 is 14.7 Å². The molecule has 23 heavy (non-hydrogen) atoms. The molecule has 0 heterocycles. The van der Waals surface area contributed by atoms with Crippen LogP contribution in [-0.4, -0.2) is 16.9 Å². The first kappa shape index (κ1) is 13.7. The predicted octanol–water partition coefficient (Wildman–Crippen LogP) is 4.39. The molecular formula is C20H14O3. The molecule has 0 spiro atoms. The maximum Gasteiger partial charge on any atom is 0.314 e. The number of ketones is 1. The zero-order valence-corrected chi connectivity index (χ0v) is 12.5. The highest BCUT2D eigenvalue weighted by Crippen LogP contribution is 2.47. The van der Waals surface area contributed by atoms with Crippen LogP contribution in [0.15, 0.2) is 54.6 Å². The summed E-state index contributed by atoms with van der Waals surface area (Å²) < 4.78 is 0. The van der Waals surface area contributed by atoms with Crippen molar-refractivity contribution in [1.82, 2.24) is 0 Å². The Kier molecular flexibility index (Phi) is 2.85. The van der Waals surface area contributed by atoms with Crippen LogP contribution in [0.1, 0.15) is 17.3 Å². The van der Waals surface area contributed by atoms with Gasteiger partial charge in [-0.1, -0.05) is 54.6 Å². The summed E-state index contributed by atoms with van der Waals surface area (Å²) in [4.78, 5) is 23.7. The van der Waals surface area contributed by atoms with E-state index in [0.29, 0.717) is 5.56 Å². The normalized spacial score (nSPS) is 12.9. The third-order valence-corrected chi connectivity index (χ3v) is 4.58. The Bertz CT molecular complexity index is 956. The van der Waals surface area contributed by atoms with Crippen LogP contribution in [0, 0.1) is 5.92 Å². The summed E-state index contributed by atoms with van der Waals surface area (Å²) in [7, 11) is 0. The third kappa shape index (κ3) is 1.83. The van der Waals surface area contributed by atoms with Gasteiger partial charge >= 0.3 is 5.97 Å². The van der Waals surface area contributed by atoms with E-state index in [2.05, 4.69) is 12.1 Å². The lowest BCUT2D eigenvalue weighted by atomic mass is 9.92. The molecule has 3 heteroatoms. The van der Waals surface area contributed by atoms with Gasteiger partial charge in [-0.25, -0.2) is 0 Å². The van der Waals surface area contributed by atoms with Crippen molar-refractivity contribution in [2.45, 2.75) is 6.92 Å². The molecule has 0 amide bonds. The number of aliphatic carboxylic acids is 1. The average molecular weight is 302 g/mol. The molecule has 0 radical (unpaired) electrons. The Labute approximate surface area is 133 Å². The van der Waals surface area contributed by atoms with Gasteiger partial charge in [0, 0.05) is 5.56 Å². The van der Waals surface area contributed by atoms with E-state index in [1.54, 1.807) is 6.07 Å². The van der Waals surface area contributed by atoms with Gasteiger partial charge in [0.25, 0.3) is 0 Å². The van der Waals surface area contributed by atoms with Crippen LogP contribution >= 0.6 is 0 Å². The molecular weight excluding hydrogens is 288 g/mol. The molecule has 1 aliphatic carbocycles. The molecule has 0 aromatic heterocycles. The minimum absolute atomic E-state index is 0.350. The molecule has 4 rings (SSSR count).